The molecular weight excluding hydrogens is 755 g/mol. The number of nitrogens with zero attached hydrogens (tertiary/aromatic N) is 8. The number of aromatic nitrogens is 6. The van der Waals surface area contributed by atoms with Gasteiger partial charge in [-0.2, -0.15) is 16.8 Å². The van der Waals surface area contributed by atoms with Crippen molar-refractivity contribution in [1.82, 2.24) is 30.8 Å². The van der Waals surface area contributed by atoms with Gasteiger partial charge in [0.15, 0.2) is 11.6 Å². The Kier molecular flexibility index (Phi) is 10.6. The molecule has 0 bridgehead atoms. The number of anilines is 6. The lowest BCUT2D eigenvalue weighted by Gasteiger charge is -2.29. The van der Waals surface area contributed by atoms with E-state index in [2.05, 4.69) is 41.5 Å². The summed E-state index contributed by atoms with van der Waals surface area (Å²) in [6, 6.07) is 29.0. The molecule has 16 nitrogen and oxygen atoms in total. The zero-order valence-electron chi connectivity index (χ0n) is 26.2. The normalized spacial score (nSPS) is 12.1. The first kappa shape index (κ1) is 36.0. The van der Waals surface area contributed by atoms with E-state index < -0.39 is 35.6 Å². The summed E-state index contributed by atoms with van der Waals surface area (Å²) in [6.07, 6.45) is 2.63. The maximum atomic E-state index is 13.1. The Bertz CT molecular complexity index is 2470. The quantitative estimate of drug-likeness (QED) is 0.0619. The average molecular weight is 780 g/mol. The lowest BCUT2D eigenvalue weighted by atomic mass is 10.0. The Morgan fingerprint density at radius 2 is 1.04 bits per heavy atom. The molecular formula is C32H24Cl2N10O6S2. The second kappa shape index (κ2) is 15.2. The van der Waals surface area contributed by atoms with Gasteiger partial charge < -0.3 is 10.6 Å². The van der Waals surface area contributed by atoms with Gasteiger partial charge in [-0.05, 0) is 40.8 Å². The minimum absolute atomic E-state index is 0.0790. The summed E-state index contributed by atoms with van der Waals surface area (Å²) < 4.78 is 73.9. The maximum absolute atomic E-state index is 13.1. The van der Waals surface area contributed by atoms with E-state index in [1.165, 1.54) is 12.4 Å². The van der Waals surface area contributed by atoms with Gasteiger partial charge in [0.25, 0.3) is 20.2 Å². The second-order valence-corrected chi connectivity index (χ2v) is 14.0. The van der Waals surface area contributed by atoms with Crippen molar-refractivity contribution in [3.8, 4) is 0 Å². The van der Waals surface area contributed by atoms with Crippen molar-refractivity contribution in [2.24, 2.45) is 0 Å². The molecule has 0 atom stereocenters. The smallest absolute Gasteiger partial charge is 0.296 e. The topological polar surface area (TPSA) is 217 Å². The monoisotopic (exact) mass is 778 g/mol. The number of nitrogens with one attached hydrogen (secondary N) is 2. The van der Waals surface area contributed by atoms with Crippen molar-refractivity contribution in [3.63, 3.8) is 0 Å². The molecule has 20 heteroatoms. The highest BCUT2D eigenvalue weighted by Crippen LogP contribution is 2.44. The van der Waals surface area contributed by atoms with E-state index in [0.717, 1.165) is 27.0 Å². The van der Waals surface area contributed by atoms with E-state index in [9.17, 15) is 25.9 Å². The van der Waals surface area contributed by atoms with Gasteiger partial charge in [-0.1, -0.05) is 78.9 Å². The number of benzene rings is 4. The fourth-order valence-corrected chi connectivity index (χ4v) is 7.59. The van der Waals surface area contributed by atoms with Gasteiger partial charge in [-0.25, -0.2) is 8.84 Å². The Morgan fingerprint density at radius 3 is 1.50 bits per heavy atom. The molecule has 0 aliphatic carbocycles. The molecule has 6 rings (SSSR count). The first-order valence-corrected chi connectivity index (χ1v) is 18.3. The van der Waals surface area contributed by atoms with Crippen molar-refractivity contribution in [2.75, 3.05) is 19.5 Å². The molecule has 0 amide bonds. The third kappa shape index (κ3) is 7.91. The molecule has 264 valence electrons. The average Bonchev–Trinajstić information content (AvgIpc) is 3.14. The van der Waals surface area contributed by atoms with Gasteiger partial charge in [0, 0.05) is 46.1 Å². The van der Waals surface area contributed by atoms with Gasteiger partial charge in [-0.3, -0.25) is 9.11 Å². The Balaban J connectivity index is 1.71. The number of rotatable bonds is 12. The minimum atomic E-state index is -5.46. The summed E-state index contributed by atoms with van der Waals surface area (Å²) in [7, 11) is -10.7. The molecule has 0 saturated heterocycles. The van der Waals surface area contributed by atoms with Crippen molar-refractivity contribution >= 4 is 89.6 Å². The molecule has 0 fully saturated rings. The fraction of sp³-hybridized carbons (Fsp3) is 0. The highest BCUT2D eigenvalue weighted by atomic mass is 35.5. The zero-order chi connectivity index (χ0) is 36.9. The van der Waals surface area contributed by atoms with Gasteiger partial charge in [-0.15, -0.1) is 20.4 Å². The van der Waals surface area contributed by atoms with Crippen LogP contribution in [0, 0.1) is 0 Å². The van der Waals surface area contributed by atoms with Crippen LogP contribution in [0.15, 0.2) is 131 Å². The standard InChI is InChI=1S/C32H24Cl2N10O6S2/c33-43(31-25(19-35-41-39-31)37-22-13-6-2-7-14-22)28(21-11-4-1-5-12-21)29(24-17-10-18-27(51(45,46)47)30(24)52(48,49)50)44(34)32-26(20-36-42-40-32)38-23-15-8-3-9-16-23/h1-20H,(H,37,41)(H,38,42)(H,45,46,47)(H,48,49,50). The molecule has 2 aromatic heterocycles. The predicted molar refractivity (Wildman–Crippen MR) is 195 cm³/mol. The maximum Gasteiger partial charge on any atom is 0.296 e. The molecule has 0 spiro atoms. The Labute approximate surface area is 307 Å². The summed E-state index contributed by atoms with van der Waals surface area (Å²) in [5, 5.41) is 29.7. The van der Waals surface area contributed by atoms with Crippen LogP contribution in [0.3, 0.4) is 0 Å². The molecule has 2 heterocycles. The van der Waals surface area contributed by atoms with E-state index in [0.29, 0.717) is 11.4 Å². The highest BCUT2D eigenvalue weighted by molar-refractivity contribution is 7.89. The fourth-order valence-electron chi connectivity index (χ4n) is 5.00. The minimum Gasteiger partial charge on any atom is -0.351 e. The first-order valence-electron chi connectivity index (χ1n) is 14.7. The first-order chi connectivity index (χ1) is 24.9. The van der Waals surface area contributed by atoms with E-state index in [1.54, 1.807) is 84.9 Å². The van der Waals surface area contributed by atoms with Crippen molar-refractivity contribution in [2.45, 2.75) is 9.79 Å². The highest BCUT2D eigenvalue weighted by Gasteiger charge is 2.35. The van der Waals surface area contributed by atoms with E-state index in [-0.39, 0.29) is 40.0 Å². The van der Waals surface area contributed by atoms with Crippen LogP contribution >= 0.6 is 23.6 Å². The van der Waals surface area contributed by atoms with Crippen molar-refractivity contribution in [3.05, 3.63) is 133 Å². The number of halogens is 2. The molecule has 52 heavy (non-hydrogen) atoms. The molecule has 0 aliphatic rings. The number of para-hydroxylation sites is 2. The number of hydrogen-bond donors (Lipinski definition) is 4. The van der Waals surface area contributed by atoms with Crippen LogP contribution in [0.25, 0.3) is 11.4 Å². The van der Waals surface area contributed by atoms with E-state index in [4.69, 9.17) is 23.6 Å². The molecule has 4 aromatic carbocycles. The van der Waals surface area contributed by atoms with Crippen LogP contribution in [-0.2, 0) is 20.2 Å². The van der Waals surface area contributed by atoms with Crippen molar-refractivity contribution in [1.29, 1.82) is 0 Å². The van der Waals surface area contributed by atoms with Crippen LogP contribution < -0.4 is 19.5 Å². The molecule has 0 unspecified atom stereocenters. The molecule has 4 N–H and O–H groups in total. The summed E-state index contributed by atoms with van der Waals surface area (Å²) in [5.74, 6) is -0.263. The number of hydrogen-bond acceptors (Lipinski definition) is 14. The molecule has 0 saturated carbocycles. The molecule has 0 radical (unpaired) electrons. The summed E-state index contributed by atoms with van der Waals surface area (Å²) in [5.41, 5.74) is 0.760. The van der Waals surface area contributed by atoms with Crippen LogP contribution in [0.4, 0.5) is 34.4 Å². The SMILES string of the molecule is O=S(=O)(O)c1cccc(C(=C(c2ccccc2)N(Cl)c2nnncc2Nc2ccccc2)N(Cl)c2nnncc2Nc2ccccc2)c1S(=O)(=O)O. The predicted octanol–water partition coefficient (Wildman–Crippen LogP) is 6.18. The lowest BCUT2D eigenvalue weighted by Crippen LogP contribution is -2.23. The van der Waals surface area contributed by atoms with Gasteiger partial charge >= 0.3 is 0 Å². The second-order valence-electron chi connectivity index (χ2n) is 10.5. The van der Waals surface area contributed by atoms with Crippen LogP contribution in [-0.4, -0.2) is 56.8 Å². The largest absolute Gasteiger partial charge is 0.351 e. The van der Waals surface area contributed by atoms with Crippen LogP contribution in [0.5, 0.6) is 0 Å². The van der Waals surface area contributed by atoms with Crippen LogP contribution in [0.2, 0.25) is 0 Å². The third-order valence-electron chi connectivity index (χ3n) is 7.15. The van der Waals surface area contributed by atoms with Gasteiger partial charge in [0.2, 0.25) is 0 Å². The zero-order valence-corrected chi connectivity index (χ0v) is 29.4. The van der Waals surface area contributed by atoms with Crippen LogP contribution in [0.1, 0.15) is 11.1 Å². The van der Waals surface area contributed by atoms with Crippen molar-refractivity contribution < 1.29 is 25.9 Å². The molecule has 0 aliphatic heterocycles. The Morgan fingerprint density at radius 1 is 0.577 bits per heavy atom. The Hall–Kier alpha value is -5.76. The lowest BCUT2D eigenvalue weighted by molar-refractivity contribution is 0.466. The van der Waals surface area contributed by atoms with Gasteiger partial charge in [0.05, 0.1) is 23.8 Å². The summed E-state index contributed by atoms with van der Waals surface area (Å²) in [6.45, 7) is 0. The van der Waals surface area contributed by atoms with Gasteiger partial charge in [0.1, 0.15) is 21.2 Å². The van der Waals surface area contributed by atoms with E-state index >= 15 is 0 Å². The third-order valence-corrected chi connectivity index (χ3v) is 9.79. The van der Waals surface area contributed by atoms with E-state index in [1.807, 2.05) is 6.07 Å². The summed E-state index contributed by atoms with van der Waals surface area (Å²) >= 11 is 14.4. The molecule has 6 aromatic rings. The summed E-state index contributed by atoms with van der Waals surface area (Å²) in [4.78, 5) is -2.37.